The molecule has 1 atom stereocenters. The molecule has 0 bridgehead atoms. The molecule has 3 rings (SSSR count). The summed E-state index contributed by atoms with van der Waals surface area (Å²) in [4.78, 5) is 4.13. The first-order valence-electron chi connectivity index (χ1n) is 6.71. The van der Waals surface area contributed by atoms with E-state index in [0.29, 0.717) is 5.56 Å². The summed E-state index contributed by atoms with van der Waals surface area (Å²) in [7, 11) is 0. The lowest BCUT2D eigenvalue weighted by molar-refractivity contribution is 0.494. The average molecular weight is 277 g/mol. The van der Waals surface area contributed by atoms with Gasteiger partial charge in [-0.25, -0.2) is 13.8 Å². The largest absolute Gasteiger partial charge is 0.316 e. The fourth-order valence-electron chi connectivity index (χ4n) is 2.79. The predicted octanol–water partition coefficient (Wildman–Crippen LogP) is 2.71. The van der Waals surface area contributed by atoms with Crippen molar-refractivity contribution in [1.82, 2.24) is 14.9 Å². The second-order valence-corrected chi connectivity index (χ2v) is 5.69. The zero-order chi connectivity index (χ0) is 14.3. The number of halogens is 2. The Morgan fingerprint density at radius 2 is 2.10 bits per heavy atom. The molecule has 0 spiro atoms. The van der Waals surface area contributed by atoms with E-state index in [4.69, 9.17) is 0 Å². The van der Waals surface area contributed by atoms with Gasteiger partial charge in [0.25, 0.3) is 0 Å². The molecule has 1 aromatic carbocycles. The third kappa shape index (κ3) is 2.02. The molecule has 1 unspecified atom stereocenters. The highest BCUT2D eigenvalue weighted by atomic mass is 19.1. The Labute approximate surface area is 116 Å². The minimum absolute atomic E-state index is 0.107. The molecule has 2 heterocycles. The molecule has 0 amide bonds. The van der Waals surface area contributed by atoms with Crippen molar-refractivity contribution in [3.8, 4) is 5.69 Å². The molecule has 1 fully saturated rings. The van der Waals surface area contributed by atoms with Crippen LogP contribution in [-0.4, -0.2) is 22.6 Å². The smallest absolute Gasteiger partial charge is 0.147 e. The van der Waals surface area contributed by atoms with Crippen LogP contribution in [0.1, 0.15) is 24.6 Å². The SMILES string of the molecule is Cc1cc(F)c(-n2cncc2C2(C)CCNC2)cc1F. The maximum absolute atomic E-state index is 14.2. The standard InChI is InChI=1S/C15H17F2N3/c1-10-5-12(17)13(6-11(10)16)20-9-19-7-14(20)15(2)3-4-18-8-15/h5-7,9,18H,3-4,8H2,1-2H3. The van der Waals surface area contributed by atoms with Crippen molar-refractivity contribution in [3.63, 3.8) is 0 Å². The van der Waals surface area contributed by atoms with Crippen LogP contribution in [0.15, 0.2) is 24.7 Å². The second kappa shape index (κ2) is 4.66. The normalized spacial score (nSPS) is 22.4. The van der Waals surface area contributed by atoms with Crippen LogP contribution in [0.5, 0.6) is 0 Å². The summed E-state index contributed by atoms with van der Waals surface area (Å²) in [6.07, 6.45) is 4.24. The first-order valence-corrected chi connectivity index (χ1v) is 6.71. The molecule has 1 saturated heterocycles. The van der Waals surface area contributed by atoms with Crippen molar-refractivity contribution in [3.05, 3.63) is 47.5 Å². The summed E-state index contributed by atoms with van der Waals surface area (Å²) in [6, 6.07) is 2.46. The van der Waals surface area contributed by atoms with Crippen LogP contribution in [0.25, 0.3) is 5.69 Å². The Morgan fingerprint density at radius 3 is 2.80 bits per heavy atom. The van der Waals surface area contributed by atoms with E-state index in [1.165, 1.54) is 12.1 Å². The van der Waals surface area contributed by atoms with Gasteiger partial charge in [0.05, 0.1) is 12.0 Å². The molecule has 20 heavy (non-hydrogen) atoms. The van der Waals surface area contributed by atoms with E-state index in [2.05, 4.69) is 17.2 Å². The van der Waals surface area contributed by atoms with Crippen LogP contribution in [0.3, 0.4) is 0 Å². The minimum Gasteiger partial charge on any atom is -0.316 e. The van der Waals surface area contributed by atoms with Gasteiger partial charge in [-0.1, -0.05) is 6.92 Å². The third-order valence-electron chi connectivity index (χ3n) is 4.11. The van der Waals surface area contributed by atoms with Crippen molar-refractivity contribution in [2.45, 2.75) is 25.7 Å². The molecule has 1 N–H and O–H groups in total. The predicted molar refractivity (Wildman–Crippen MR) is 73.1 cm³/mol. The van der Waals surface area contributed by atoms with Crippen molar-refractivity contribution in [2.24, 2.45) is 0 Å². The van der Waals surface area contributed by atoms with Gasteiger partial charge in [-0.3, -0.25) is 4.57 Å². The highest BCUT2D eigenvalue weighted by molar-refractivity contribution is 5.40. The summed E-state index contributed by atoms with van der Waals surface area (Å²) >= 11 is 0. The van der Waals surface area contributed by atoms with Crippen LogP contribution in [-0.2, 0) is 5.41 Å². The van der Waals surface area contributed by atoms with Gasteiger partial charge in [0.2, 0.25) is 0 Å². The monoisotopic (exact) mass is 277 g/mol. The number of hydrogen-bond donors (Lipinski definition) is 1. The van der Waals surface area contributed by atoms with Gasteiger partial charge < -0.3 is 5.32 Å². The van der Waals surface area contributed by atoms with E-state index in [1.54, 1.807) is 24.0 Å². The van der Waals surface area contributed by atoms with Gasteiger partial charge in [-0.15, -0.1) is 0 Å². The number of nitrogens with zero attached hydrogens (tertiary/aromatic N) is 2. The molecular formula is C15H17F2N3. The van der Waals surface area contributed by atoms with E-state index in [-0.39, 0.29) is 11.1 Å². The number of benzene rings is 1. The van der Waals surface area contributed by atoms with E-state index < -0.39 is 11.6 Å². The van der Waals surface area contributed by atoms with Crippen LogP contribution in [0.2, 0.25) is 0 Å². The van der Waals surface area contributed by atoms with E-state index in [0.717, 1.165) is 25.2 Å². The first-order chi connectivity index (χ1) is 9.51. The number of hydrogen-bond acceptors (Lipinski definition) is 2. The lowest BCUT2D eigenvalue weighted by Crippen LogP contribution is -2.27. The average Bonchev–Trinajstić information content (AvgIpc) is 3.03. The molecule has 0 radical (unpaired) electrons. The summed E-state index contributed by atoms with van der Waals surface area (Å²) in [5.41, 5.74) is 1.32. The van der Waals surface area contributed by atoms with Crippen LogP contribution >= 0.6 is 0 Å². The van der Waals surface area contributed by atoms with Crippen LogP contribution in [0.4, 0.5) is 8.78 Å². The first kappa shape index (κ1) is 13.2. The third-order valence-corrected chi connectivity index (χ3v) is 4.11. The highest BCUT2D eigenvalue weighted by Crippen LogP contribution is 2.32. The van der Waals surface area contributed by atoms with Crippen molar-refractivity contribution >= 4 is 0 Å². The molecule has 1 aliphatic rings. The van der Waals surface area contributed by atoms with Crippen molar-refractivity contribution in [2.75, 3.05) is 13.1 Å². The Morgan fingerprint density at radius 1 is 1.30 bits per heavy atom. The Hall–Kier alpha value is -1.75. The fraction of sp³-hybridized carbons (Fsp3) is 0.400. The minimum atomic E-state index is -0.433. The molecule has 0 saturated carbocycles. The lowest BCUT2D eigenvalue weighted by Gasteiger charge is -2.24. The molecule has 3 nitrogen and oxygen atoms in total. The zero-order valence-electron chi connectivity index (χ0n) is 11.6. The van der Waals surface area contributed by atoms with Crippen LogP contribution in [0, 0.1) is 18.6 Å². The van der Waals surface area contributed by atoms with E-state index in [1.807, 2.05) is 0 Å². The number of rotatable bonds is 2. The van der Waals surface area contributed by atoms with Gasteiger partial charge in [0, 0.05) is 29.9 Å². The van der Waals surface area contributed by atoms with Gasteiger partial charge in [0.1, 0.15) is 11.6 Å². The lowest BCUT2D eigenvalue weighted by atomic mass is 9.86. The number of aromatic nitrogens is 2. The maximum Gasteiger partial charge on any atom is 0.147 e. The van der Waals surface area contributed by atoms with E-state index in [9.17, 15) is 8.78 Å². The summed E-state index contributed by atoms with van der Waals surface area (Å²) in [5, 5.41) is 3.31. The molecular weight excluding hydrogens is 260 g/mol. The van der Waals surface area contributed by atoms with E-state index >= 15 is 0 Å². The summed E-state index contributed by atoms with van der Waals surface area (Å²) in [5.74, 6) is -0.839. The number of aryl methyl sites for hydroxylation is 1. The topological polar surface area (TPSA) is 29.9 Å². The molecule has 2 aromatic rings. The Balaban J connectivity index is 2.13. The van der Waals surface area contributed by atoms with Crippen molar-refractivity contribution in [1.29, 1.82) is 0 Å². The van der Waals surface area contributed by atoms with Gasteiger partial charge in [-0.2, -0.15) is 0 Å². The quantitative estimate of drug-likeness (QED) is 0.914. The van der Waals surface area contributed by atoms with Gasteiger partial charge in [0.15, 0.2) is 0 Å². The summed E-state index contributed by atoms with van der Waals surface area (Å²) in [6.45, 7) is 5.41. The highest BCUT2D eigenvalue weighted by Gasteiger charge is 2.34. The Kier molecular flexibility index (Phi) is 3.09. The number of nitrogens with one attached hydrogen (secondary N) is 1. The Bertz CT molecular complexity index is 643. The maximum atomic E-state index is 14.2. The van der Waals surface area contributed by atoms with Crippen molar-refractivity contribution < 1.29 is 8.78 Å². The molecule has 106 valence electrons. The second-order valence-electron chi connectivity index (χ2n) is 5.69. The summed E-state index contributed by atoms with van der Waals surface area (Å²) < 4.78 is 29.6. The van der Waals surface area contributed by atoms with Gasteiger partial charge in [-0.05, 0) is 31.5 Å². The van der Waals surface area contributed by atoms with Crippen LogP contribution < -0.4 is 5.32 Å². The fourth-order valence-corrected chi connectivity index (χ4v) is 2.79. The van der Waals surface area contributed by atoms with Gasteiger partial charge >= 0.3 is 0 Å². The number of imidazole rings is 1. The zero-order valence-corrected chi connectivity index (χ0v) is 11.6. The molecule has 1 aromatic heterocycles. The molecule has 5 heteroatoms. The molecule has 1 aliphatic heterocycles. The molecule has 0 aliphatic carbocycles.